The van der Waals surface area contributed by atoms with Crippen molar-refractivity contribution in [2.24, 2.45) is 0 Å². The van der Waals surface area contributed by atoms with Crippen LogP contribution in [0, 0.1) is 5.82 Å². The van der Waals surface area contributed by atoms with Crippen LogP contribution in [0.4, 0.5) is 25.4 Å². The molecule has 2 N–H and O–H groups in total. The molecule has 8 nitrogen and oxygen atoms in total. The van der Waals surface area contributed by atoms with Gasteiger partial charge in [-0.25, -0.2) is 14.0 Å². The molecule has 0 saturated carbocycles. The maximum Gasteiger partial charge on any atom is 0.414 e. The molecular weight excluding hydrogens is 355 g/mol. The fourth-order valence-corrected chi connectivity index (χ4v) is 2.87. The Morgan fingerprint density at radius 2 is 2.15 bits per heavy atom. The smallest absolute Gasteiger partial charge is 0.414 e. The number of carbonyl (C=O) groups excluding carboxylic acids is 2. The van der Waals surface area contributed by atoms with Crippen LogP contribution in [0.5, 0.6) is 5.75 Å². The van der Waals surface area contributed by atoms with Gasteiger partial charge in [0.15, 0.2) is 0 Å². The van der Waals surface area contributed by atoms with Crippen LogP contribution < -0.4 is 15.4 Å². The van der Waals surface area contributed by atoms with Gasteiger partial charge in [-0.3, -0.25) is 9.88 Å². The molecule has 1 atom stereocenters. The minimum atomic E-state index is -0.567. The summed E-state index contributed by atoms with van der Waals surface area (Å²) in [5.74, 6) is 0.170. The topological polar surface area (TPSA) is 92.8 Å². The summed E-state index contributed by atoms with van der Waals surface area (Å²) in [5.41, 5.74) is 0.733. The van der Waals surface area contributed by atoms with E-state index in [2.05, 4.69) is 15.6 Å². The number of pyridine rings is 1. The number of benzene rings is 1. The Kier molecular flexibility index (Phi) is 4.33. The zero-order valence-corrected chi connectivity index (χ0v) is 14.0. The van der Waals surface area contributed by atoms with Crippen LogP contribution in [0.3, 0.4) is 0 Å². The monoisotopic (exact) mass is 370 g/mol. The van der Waals surface area contributed by atoms with Gasteiger partial charge in [0.1, 0.15) is 23.9 Å². The third kappa shape index (κ3) is 3.81. The number of ether oxygens (including phenoxy) is 2. The molecule has 0 bridgehead atoms. The Bertz CT molecular complexity index is 919. The lowest BCUT2D eigenvalue weighted by atomic mass is 10.2. The van der Waals surface area contributed by atoms with Crippen LogP contribution >= 0.6 is 0 Å². The van der Waals surface area contributed by atoms with Crippen molar-refractivity contribution < 1.29 is 23.5 Å². The van der Waals surface area contributed by atoms with E-state index < -0.39 is 17.9 Å². The number of halogens is 1. The Balaban J connectivity index is 1.43. The molecule has 9 heteroatoms. The number of rotatable bonds is 4. The molecule has 27 heavy (non-hydrogen) atoms. The van der Waals surface area contributed by atoms with Crippen LogP contribution in [0.15, 0.2) is 54.7 Å². The molecule has 2 aliphatic heterocycles. The van der Waals surface area contributed by atoms with Crippen LogP contribution in [0.1, 0.15) is 6.42 Å². The summed E-state index contributed by atoms with van der Waals surface area (Å²) in [7, 11) is 0. The van der Waals surface area contributed by atoms with Gasteiger partial charge in [0, 0.05) is 36.6 Å². The number of nitrogens with one attached hydrogen (secondary N) is 2. The van der Waals surface area contributed by atoms with Crippen molar-refractivity contribution in [1.82, 2.24) is 9.88 Å². The van der Waals surface area contributed by atoms with E-state index in [1.54, 1.807) is 24.5 Å². The first-order chi connectivity index (χ1) is 13.1. The van der Waals surface area contributed by atoms with Crippen molar-refractivity contribution in [1.29, 1.82) is 0 Å². The number of aromatic nitrogens is 1. The van der Waals surface area contributed by atoms with Gasteiger partial charge in [-0.1, -0.05) is 0 Å². The third-order valence-corrected chi connectivity index (χ3v) is 4.02. The largest absolute Gasteiger partial charge is 0.460 e. The summed E-state index contributed by atoms with van der Waals surface area (Å²) in [5, 5.41) is 5.13. The summed E-state index contributed by atoms with van der Waals surface area (Å²) in [6.45, 7) is 0.298. The molecule has 0 aliphatic carbocycles. The predicted molar refractivity (Wildman–Crippen MR) is 93.6 cm³/mol. The van der Waals surface area contributed by atoms with Gasteiger partial charge in [-0.05, 0) is 18.2 Å². The molecule has 3 heterocycles. The first-order valence-corrected chi connectivity index (χ1v) is 8.19. The van der Waals surface area contributed by atoms with Gasteiger partial charge in [0.05, 0.1) is 17.9 Å². The summed E-state index contributed by atoms with van der Waals surface area (Å²) in [6.07, 6.45) is 4.68. The van der Waals surface area contributed by atoms with Gasteiger partial charge in [0.25, 0.3) is 0 Å². The maximum atomic E-state index is 13.9. The van der Waals surface area contributed by atoms with Crippen LogP contribution in [-0.2, 0) is 4.74 Å². The fraction of sp³-hybridized carbons (Fsp3) is 0.167. The molecule has 0 spiro atoms. The molecule has 1 saturated heterocycles. The van der Waals surface area contributed by atoms with Crippen molar-refractivity contribution >= 4 is 23.5 Å². The van der Waals surface area contributed by atoms with E-state index in [9.17, 15) is 14.0 Å². The summed E-state index contributed by atoms with van der Waals surface area (Å²) >= 11 is 0. The molecule has 0 unspecified atom stereocenters. The maximum absolute atomic E-state index is 13.9. The highest BCUT2D eigenvalue weighted by Crippen LogP contribution is 2.30. The van der Waals surface area contributed by atoms with E-state index in [0.717, 1.165) is 0 Å². The SMILES string of the molecule is O=C(Nc1cccnc1)Nc1cc(F)cc(OC2=CN3C(=O)OC[C@@H]3C2)c1. The van der Waals surface area contributed by atoms with Crippen molar-refractivity contribution in [2.45, 2.75) is 12.5 Å². The highest BCUT2D eigenvalue weighted by Gasteiger charge is 2.37. The molecular formula is C18H15FN4O4. The van der Waals surface area contributed by atoms with Crippen molar-refractivity contribution in [3.8, 4) is 5.75 Å². The molecule has 2 aromatic rings. The lowest BCUT2D eigenvalue weighted by molar-refractivity contribution is 0.165. The molecule has 138 valence electrons. The van der Waals surface area contributed by atoms with Crippen molar-refractivity contribution in [2.75, 3.05) is 17.2 Å². The Hall–Kier alpha value is -3.62. The molecule has 1 fully saturated rings. The highest BCUT2D eigenvalue weighted by molar-refractivity contribution is 5.99. The quantitative estimate of drug-likeness (QED) is 0.861. The van der Waals surface area contributed by atoms with E-state index >= 15 is 0 Å². The first kappa shape index (κ1) is 16.8. The lowest BCUT2D eigenvalue weighted by Gasteiger charge is -2.11. The number of hydrogen-bond donors (Lipinski definition) is 2. The second kappa shape index (κ2) is 6.94. The molecule has 1 aromatic heterocycles. The molecule has 3 amide bonds. The van der Waals surface area contributed by atoms with Gasteiger partial charge in [-0.15, -0.1) is 0 Å². The number of amides is 3. The van der Waals surface area contributed by atoms with Crippen molar-refractivity contribution in [3.05, 3.63) is 60.5 Å². The second-order valence-corrected chi connectivity index (χ2v) is 6.04. The average molecular weight is 370 g/mol. The first-order valence-electron chi connectivity index (χ1n) is 8.19. The number of anilines is 2. The minimum Gasteiger partial charge on any atom is -0.460 e. The van der Waals surface area contributed by atoms with Crippen LogP contribution in [-0.4, -0.2) is 34.7 Å². The number of carbonyl (C=O) groups is 2. The Labute approximate surface area is 153 Å². The van der Waals surface area contributed by atoms with Gasteiger partial charge >= 0.3 is 12.1 Å². The second-order valence-electron chi connectivity index (χ2n) is 6.04. The highest BCUT2D eigenvalue weighted by atomic mass is 19.1. The van der Waals surface area contributed by atoms with E-state index in [-0.39, 0.29) is 17.5 Å². The number of hydrogen-bond acceptors (Lipinski definition) is 5. The van der Waals surface area contributed by atoms with E-state index in [1.807, 2.05) is 0 Å². The van der Waals surface area contributed by atoms with E-state index in [0.29, 0.717) is 24.5 Å². The van der Waals surface area contributed by atoms with Gasteiger partial charge < -0.3 is 20.1 Å². The van der Waals surface area contributed by atoms with Gasteiger partial charge in [-0.2, -0.15) is 0 Å². The minimum absolute atomic E-state index is 0.0936. The predicted octanol–water partition coefficient (Wildman–Crippen LogP) is 3.31. The zero-order chi connectivity index (χ0) is 18.8. The Morgan fingerprint density at radius 3 is 2.93 bits per heavy atom. The number of fused-ring (bicyclic) bond motifs is 1. The van der Waals surface area contributed by atoms with Crippen LogP contribution in [0.25, 0.3) is 0 Å². The van der Waals surface area contributed by atoms with E-state index in [1.165, 1.54) is 29.3 Å². The van der Waals surface area contributed by atoms with Crippen LogP contribution in [0.2, 0.25) is 0 Å². The number of urea groups is 1. The lowest BCUT2D eigenvalue weighted by Crippen LogP contribution is -2.23. The number of cyclic esters (lactones) is 1. The zero-order valence-electron chi connectivity index (χ0n) is 14.0. The van der Waals surface area contributed by atoms with Gasteiger partial charge in [0.2, 0.25) is 0 Å². The standard InChI is InChI=1S/C18H15FN4O4/c19-11-4-13(22-17(24)21-12-2-1-3-20-8-12)6-15(5-11)27-16-7-14-10-26-18(25)23(14)9-16/h1-6,8-9,14H,7,10H2,(H2,21,22,24)/t14-/m0/s1. The molecule has 1 aromatic carbocycles. The molecule has 0 radical (unpaired) electrons. The fourth-order valence-electron chi connectivity index (χ4n) is 2.87. The molecule has 4 rings (SSSR count). The van der Waals surface area contributed by atoms with Crippen molar-refractivity contribution in [3.63, 3.8) is 0 Å². The Morgan fingerprint density at radius 1 is 1.30 bits per heavy atom. The summed E-state index contributed by atoms with van der Waals surface area (Å²) in [4.78, 5) is 28.9. The summed E-state index contributed by atoms with van der Waals surface area (Å²) < 4.78 is 24.5. The third-order valence-electron chi connectivity index (χ3n) is 4.02. The molecule has 2 aliphatic rings. The normalized spacial score (nSPS) is 17.8. The number of nitrogens with zero attached hydrogens (tertiary/aromatic N) is 2. The average Bonchev–Trinajstić information content (AvgIpc) is 3.16. The summed E-state index contributed by atoms with van der Waals surface area (Å²) in [6, 6.07) is 6.60. The van der Waals surface area contributed by atoms with E-state index in [4.69, 9.17) is 9.47 Å².